The maximum absolute atomic E-state index is 10.9. The molecule has 0 fully saturated rings. The molecule has 0 saturated carbocycles. The quantitative estimate of drug-likeness (QED) is 0.526. The number of aromatic nitrogens is 3. The Morgan fingerprint density at radius 3 is 2.63 bits per heavy atom. The van der Waals surface area contributed by atoms with E-state index < -0.39 is 5.97 Å². The van der Waals surface area contributed by atoms with E-state index in [0.717, 1.165) is 32.9 Å². The summed E-state index contributed by atoms with van der Waals surface area (Å²) in [6.45, 7) is 1.93. The molecular weight excluding hydrogens is 382 g/mol. The van der Waals surface area contributed by atoms with Crippen molar-refractivity contribution in [3.63, 3.8) is 0 Å². The first-order valence-electron chi connectivity index (χ1n) is 8.21. The molecule has 0 aliphatic carbocycles. The zero-order chi connectivity index (χ0) is 19.0. The van der Waals surface area contributed by atoms with Gasteiger partial charge in [-0.2, -0.15) is 0 Å². The number of aryl methyl sites for hydroxylation is 1. The van der Waals surface area contributed by atoms with Crippen LogP contribution < -0.4 is 0 Å². The smallest absolute Gasteiger partial charge is 0.335 e. The van der Waals surface area contributed by atoms with Crippen molar-refractivity contribution in [3.05, 3.63) is 75.4 Å². The molecule has 0 unspecified atom stereocenters. The van der Waals surface area contributed by atoms with Crippen LogP contribution in [0.25, 0.3) is 21.7 Å². The van der Waals surface area contributed by atoms with E-state index in [1.54, 1.807) is 24.3 Å². The predicted octanol–water partition coefficient (Wildman–Crippen LogP) is 5.00. The number of thiazole rings is 1. The van der Waals surface area contributed by atoms with Crippen molar-refractivity contribution in [1.82, 2.24) is 15.0 Å². The number of carboxylic acid groups (broad SMARTS) is 1. The van der Waals surface area contributed by atoms with E-state index in [9.17, 15) is 4.79 Å². The van der Waals surface area contributed by atoms with Gasteiger partial charge in [0.05, 0.1) is 21.8 Å². The Hall–Kier alpha value is -2.83. The molecule has 5 nitrogen and oxygen atoms in total. The molecular formula is C20H14ClN3O2S. The fraction of sp³-hybridized carbons (Fsp3) is 0.100. The van der Waals surface area contributed by atoms with Gasteiger partial charge < -0.3 is 5.11 Å². The molecule has 4 rings (SSSR count). The van der Waals surface area contributed by atoms with Gasteiger partial charge in [-0.25, -0.2) is 19.7 Å². The number of aromatic carboxylic acids is 1. The fourth-order valence-electron chi connectivity index (χ4n) is 2.83. The Balaban J connectivity index is 1.63. The number of hydrogen-bond donors (Lipinski definition) is 1. The number of fused-ring (bicyclic) bond motifs is 1. The lowest BCUT2D eigenvalue weighted by atomic mass is 10.1. The molecule has 0 atom stereocenters. The van der Waals surface area contributed by atoms with Gasteiger partial charge in [0.25, 0.3) is 0 Å². The van der Waals surface area contributed by atoms with Crippen LogP contribution in [0.2, 0.25) is 5.02 Å². The van der Waals surface area contributed by atoms with Gasteiger partial charge in [-0.3, -0.25) is 0 Å². The molecule has 0 saturated heterocycles. The Morgan fingerprint density at radius 1 is 1.11 bits per heavy atom. The summed E-state index contributed by atoms with van der Waals surface area (Å²) in [6, 6.07) is 12.5. The van der Waals surface area contributed by atoms with Crippen molar-refractivity contribution < 1.29 is 9.90 Å². The highest BCUT2D eigenvalue weighted by molar-refractivity contribution is 7.13. The molecule has 2 aromatic carbocycles. The maximum Gasteiger partial charge on any atom is 0.335 e. The summed E-state index contributed by atoms with van der Waals surface area (Å²) in [5.74, 6) is -0.370. The van der Waals surface area contributed by atoms with Crippen LogP contribution in [0.15, 0.2) is 47.8 Å². The molecule has 0 spiro atoms. The van der Waals surface area contributed by atoms with E-state index in [2.05, 4.69) is 15.0 Å². The molecule has 0 bridgehead atoms. The number of benzene rings is 2. The first-order valence-corrected chi connectivity index (χ1v) is 9.47. The first kappa shape index (κ1) is 17.6. The number of rotatable bonds is 4. The molecule has 0 amide bonds. The van der Waals surface area contributed by atoms with Crippen molar-refractivity contribution in [1.29, 1.82) is 0 Å². The standard InChI is InChI=1S/C20H14ClN3O2S/c1-11-15-3-2-4-16(21)17(15)24-18(22-11)19-23-14(10-27-19)9-12-5-7-13(8-6-12)20(25)26/h2-8,10H,9H2,1H3,(H,25,26). The topological polar surface area (TPSA) is 76.0 Å². The van der Waals surface area contributed by atoms with Crippen molar-refractivity contribution in [2.45, 2.75) is 13.3 Å². The van der Waals surface area contributed by atoms with E-state index in [1.165, 1.54) is 11.3 Å². The molecule has 0 aliphatic heterocycles. The minimum absolute atomic E-state index is 0.273. The van der Waals surface area contributed by atoms with Gasteiger partial charge in [0.1, 0.15) is 0 Å². The molecule has 0 radical (unpaired) electrons. The molecule has 2 aromatic heterocycles. The van der Waals surface area contributed by atoms with Gasteiger partial charge in [0, 0.05) is 22.9 Å². The summed E-state index contributed by atoms with van der Waals surface area (Å²) < 4.78 is 0. The van der Waals surface area contributed by atoms with Gasteiger partial charge in [-0.15, -0.1) is 11.3 Å². The van der Waals surface area contributed by atoms with Crippen LogP contribution in [0.5, 0.6) is 0 Å². The Bertz CT molecular complexity index is 1160. The van der Waals surface area contributed by atoms with Crippen LogP contribution in [0.3, 0.4) is 0 Å². The van der Waals surface area contributed by atoms with Gasteiger partial charge in [0.15, 0.2) is 10.8 Å². The number of para-hydroxylation sites is 1. The predicted molar refractivity (Wildman–Crippen MR) is 107 cm³/mol. The number of carbonyl (C=O) groups is 1. The number of nitrogens with zero attached hydrogens (tertiary/aromatic N) is 3. The van der Waals surface area contributed by atoms with Crippen LogP contribution >= 0.6 is 22.9 Å². The average molecular weight is 396 g/mol. The van der Waals surface area contributed by atoms with Crippen LogP contribution in [0.4, 0.5) is 0 Å². The summed E-state index contributed by atoms with van der Waals surface area (Å²) in [6.07, 6.45) is 0.615. The molecule has 7 heteroatoms. The zero-order valence-corrected chi connectivity index (χ0v) is 15.9. The summed E-state index contributed by atoms with van der Waals surface area (Å²) in [5, 5.41) is 13.2. The number of halogens is 1. The Labute approximate surface area is 164 Å². The third-order valence-corrected chi connectivity index (χ3v) is 5.39. The first-order chi connectivity index (χ1) is 13.0. The molecule has 1 N–H and O–H groups in total. The summed E-state index contributed by atoms with van der Waals surface area (Å²) in [5.41, 5.74) is 3.74. The number of carboxylic acids is 1. The highest BCUT2D eigenvalue weighted by Gasteiger charge is 2.13. The summed E-state index contributed by atoms with van der Waals surface area (Å²) in [7, 11) is 0. The van der Waals surface area contributed by atoms with Crippen LogP contribution in [0, 0.1) is 6.92 Å². The largest absolute Gasteiger partial charge is 0.478 e. The van der Waals surface area contributed by atoms with Gasteiger partial charge in [-0.05, 0) is 30.7 Å². The highest BCUT2D eigenvalue weighted by atomic mass is 35.5. The minimum atomic E-state index is -0.931. The second-order valence-electron chi connectivity index (χ2n) is 6.09. The molecule has 27 heavy (non-hydrogen) atoms. The lowest BCUT2D eigenvalue weighted by Crippen LogP contribution is -1.97. The average Bonchev–Trinajstić information content (AvgIpc) is 3.11. The SMILES string of the molecule is Cc1nc(-c2nc(Cc3ccc(C(=O)O)cc3)cs2)nc2c(Cl)cccc12. The van der Waals surface area contributed by atoms with E-state index >= 15 is 0 Å². The molecule has 2 heterocycles. The summed E-state index contributed by atoms with van der Waals surface area (Å²) in [4.78, 5) is 24.8. The van der Waals surface area contributed by atoms with Crippen LogP contribution in [0.1, 0.15) is 27.3 Å². The molecule has 134 valence electrons. The van der Waals surface area contributed by atoms with Crippen molar-refractivity contribution in [2.24, 2.45) is 0 Å². The molecule has 4 aromatic rings. The van der Waals surface area contributed by atoms with Gasteiger partial charge in [-0.1, -0.05) is 35.9 Å². The number of hydrogen-bond acceptors (Lipinski definition) is 5. The highest BCUT2D eigenvalue weighted by Crippen LogP contribution is 2.28. The van der Waals surface area contributed by atoms with Crippen molar-refractivity contribution in [3.8, 4) is 10.8 Å². The van der Waals surface area contributed by atoms with Crippen molar-refractivity contribution >= 4 is 39.8 Å². The fourth-order valence-corrected chi connectivity index (χ4v) is 3.80. The normalized spacial score (nSPS) is 11.0. The second kappa shape index (κ2) is 7.06. The lowest BCUT2D eigenvalue weighted by Gasteiger charge is -2.05. The third-order valence-electron chi connectivity index (χ3n) is 4.20. The van der Waals surface area contributed by atoms with Crippen molar-refractivity contribution in [2.75, 3.05) is 0 Å². The van der Waals surface area contributed by atoms with Crippen LogP contribution in [-0.4, -0.2) is 26.0 Å². The van der Waals surface area contributed by atoms with Crippen LogP contribution in [-0.2, 0) is 6.42 Å². The maximum atomic E-state index is 10.9. The zero-order valence-electron chi connectivity index (χ0n) is 14.3. The minimum Gasteiger partial charge on any atom is -0.478 e. The van der Waals surface area contributed by atoms with E-state index in [1.807, 2.05) is 30.5 Å². The second-order valence-corrected chi connectivity index (χ2v) is 7.36. The van der Waals surface area contributed by atoms with E-state index in [-0.39, 0.29) is 5.56 Å². The Kier molecular flexibility index (Phi) is 4.59. The van der Waals surface area contributed by atoms with Gasteiger partial charge in [0.2, 0.25) is 0 Å². The summed E-state index contributed by atoms with van der Waals surface area (Å²) >= 11 is 7.77. The van der Waals surface area contributed by atoms with E-state index in [4.69, 9.17) is 16.7 Å². The third kappa shape index (κ3) is 3.54. The lowest BCUT2D eigenvalue weighted by molar-refractivity contribution is 0.0697. The Morgan fingerprint density at radius 2 is 1.89 bits per heavy atom. The monoisotopic (exact) mass is 395 g/mol. The van der Waals surface area contributed by atoms with Gasteiger partial charge >= 0.3 is 5.97 Å². The molecule has 0 aliphatic rings. The van der Waals surface area contributed by atoms with E-state index in [0.29, 0.717) is 17.3 Å².